The van der Waals surface area contributed by atoms with Crippen LogP contribution in [0.1, 0.15) is 42.7 Å². The number of thioether (sulfide) groups is 1. The topological polar surface area (TPSA) is 71.3 Å². The zero-order valence-electron chi connectivity index (χ0n) is 14.5. The summed E-state index contributed by atoms with van der Waals surface area (Å²) in [5.74, 6) is 0.0331. The summed E-state index contributed by atoms with van der Waals surface area (Å²) in [6, 6.07) is 4.03. The minimum Gasteiger partial charge on any atom is -0.283 e. The molecule has 1 amide bonds. The Hall–Kier alpha value is -2.06. The van der Waals surface area contributed by atoms with Gasteiger partial charge in [0.2, 0.25) is 5.13 Å². The third-order valence-electron chi connectivity index (χ3n) is 4.47. The van der Waals surface area contributed by atoms with Crippen LogP contribution in [0.4, 0.5) is 5.13 Å². The highest BCUT2D eigenvalue weighted by Gasteiger charge is 2.38. The number of hydrogen-bond acceptors (Lipinski definition) is 7. The summed E-state index contributed by atoms with van der Waals surface area (Å²) in [6.45, 7) is 1.90. The summed E-state index contributed by atoms with van der Waals surface area (Å²) in [4.78, 5) is 24.5. The van der Waals surface area contributed by atoms with Crippen molar-refractivity contribution >= 4 is 45.4 Å². The molecule has 1 saturated carbocycles. The third kappa shape index (κ3) is 3.71. The van der Waals surface area contributed by atoms with Gasteiger partial charge < -0.3 is 0 Å². The van der Waals surface area contributed by atoms with Crippen LogP contribution in [0.5, 0.6) is 0 Å². The van der Waals surface area contributed by atoms with E-state index >= 15 is 0 Å². The molecule has 4 rings (SSSR count). The van der Waals surface area contributed by atoms with Crippen molar-refractivity contribution in [1.29, 1.82) is 0 Å². The number of rotatable bonds is 3. The average molecular weight is 386 g/mol. The Bertz CT molecular complexity index is 855. The predicted octanol–water partition coefficient (Wildman–Crippen LogP) is 4.18. The summed E-state index contributed by atoms with van der Waals surface area (Å²) in [7, 11) is 0. The lowest BCUT2D eigenvalue weighted by atomic mass is 9.94. The van der Waals surface area contributed by atoms with Gasteiger partial charge in [-0.3, -0.25) is 14.7 Å². The van der Waals surface area contributed by atoms with Crippen LogP contribution in [-0.2, 0) is 4.79 Å². The fraction of sp³-hybridized carbons (Fsp3) is 0.389. The molecule has 0 bridgehead atoms. The SMILES string of the molecule is Cc1nnc(/N=C2/S/C(=C\c3cccnc3)C(=O)N2C2CCCCC2)s1. The fourth-order valence-corrected chi connectivity index (χ4v) is 4.91. The largest absolute Gasteiger partial charge is 0.283 e. The van der Waals surface area contributed by atoms with Crippen LogP contribution in [0.2, 0.25) is 0 Å². The molecule has 134 valence electrons. The molecule has 2 fully saturated rings. The van der Waals surface area contributed by atoms with E-state index in [2.05, 4.69) is 20.2 Å². The lowest BCUT2D eigenvalue weighted by Crippen LogP contribution is -2.40. The molecule has 8 heteroatoms. The molecule has 0 atom stereocenters. The van der Waals surface area contributed by atoms with Gasteiger partial charge in [0.15, 0.2) is 5.17 Å². The first-order valence-corrected chi connectivity index (χ1v) is 10.4. The Kier molecular flexibility index (Phi) is 5.12. The predicted molar refractivity (Wildman–Crippen MR) is 105 cm³/mol. The molecule has 0 N–H and O–H groups in total. The van der Waals surface area contributed by atoms with Crippen LogP contribution in [0.15, 0.2) is 34.4 Å². The molecule has 6 nitrogen and oxygen atoms in total. The summed E-state index contributed by atoms with van der Waals surface area (Å²) in [5, 5.41) is 10.3. The third-order valence-corrected chi connectivity index (χ3v) is 6.18. The van der Waals surface area contributed by atoms with Gasteiger partial charge in [-0.2, -0.15) is 4.99 Å². The Morgan fingerprint density at radius 2 is 2.12 bits per heavy atom. The zero-order valence-corrected chi connectivity index (χ0v) is 16.1. The molecule has 0 unspecified atom stereocenters. The minimum atomic E-state index is 0.0331. The highest BCUT2D eigenvalue weighted by atomic mass is 32.2. The number of amidine groups is 1. The first-order valence-electron chi connectivity index (χ1n) is 8.72. The summed E-state index contributed by atoms with van der Waals surface area (Å²) in [6.07, 6.45) is 11.0. The van der Waals surface area contributed by atoms with Crippen LogP contribution in [0, 0.1) is 6.92 Å². The number of carbonyl (C=O) groups excluding carboxylic acids is 1. The monoisotopic (exact) mass is 385 g/mol. The minimum absolute atomic E-state index is 0.0331. The van der Waals surface area contributed by atoms with E-state index in [9.17, 15) is 4.79 Å². The van der Waals surface area contributed by atoms with Gasteiger partial charge in [-0.05, 0) is 49.2 Å². The normalized spacial score (nSPS) is 21.9. The van der Waals surface area contributed by atoms with E-state index in [-0.39, 0.29) is 11.9 Å². The molecule has 26 heavy (non-hydrogen) atoms. The number of amides is 1. The quantitative estimate of drug-likeness (QED) is 0.741. The molecule has 2 aromatic rings. The average Bonchev–Trinajstić information content (AvgIpc) is 3.20. The van der Waals surface area contributed by atoms with Crippen molar-refractivity contribution in [2.75, 3.05) is 0 Å². The van der Waals surface area contributed by atoms with Gasteiger partial charge in [0.05, 0.1) is 4.91 Å². The fourth-order valence-electron chi connectivity index (χ4n) is 3.25. The molecule has 3 heterocycles. The van der Waals surface area contributed by atoms with Gasteiger partial charge in [-0.25, -0.2) is 0 Å². The highest BCUT2D eigenvalue weighted by molar-refractivity contribution is 8.18. The number of aromatic nitrogens is 3. The van der Waals surface area contributed by atoms with E-state index in [0.717, 1.165) is 36.3 Å². The van der Waals surface area contributed by atoms with Crippen LogP contribution in [0.25, 0.3) is 6.08 Å². The number of aliphatic imine (C=N–C) groups is 1. The van der Waals surface area contributed by atoms with Gasteiger partial charge >= 0.3 is 0 Å². The molecule has 1 aliphatic heterocycles. The maximum atomic E-state index is 13.1. The number of carbonyl (C=O) groups is 1. The number of aryl methyl sites for hydroxylation is 1. The maximum Gasteiger partial charge on any atom is 0.267 e. The lowest BCUT2D eigenvalue weighted by molar-refractivity contribution is -0.124. The highest BCUT2D eigenvalue weighted by Crippen LogP contribution is 2.38. The van der Waals surface area contributed by atoms with Gasteiger partial charge in [-0.15, -0.1) is 10.2 Å². The summed E-state index contributed by atoms with van der Waals surface area (Å²) < 4.78 is 0. The van der Waals surface area contributed by atoms with Gasteiger partial charge in [0.25, 0.3) is 5.91 Å². The molecule has 0 spiro atoms. The molecule has 0 aromatic carbocycles. The van der Waals surface area contributed by atoms with Gasteiger partial charge in [0, 0.05) is 18.4 Å². The van der Waals surface area contributed by atoms with Gasteiger partial charge in [0.1, 0.15) is 5.01 Å². The van der Waals surface area contributed by atoms with Gasteiger partial charge in [-0.1, -0.05) is 36.7 Å². The summed E-state index contributed by atoms with van der Waals surface area (Å²) >= 11 is 2.86. The molecule has 1 saturated heterocycles. The Morgan fingerprint density at radius 1 is 1.27 bits per heavy atom. The van der Waals surface area contributed by atoms with Crippen molar-refractivity contribution < 1.29 is 4.79 Å². The second kappa shape index (κ2) is 7.67. The van der Waals surface area contributed by atoms with E-state index in [1.807, 2.05) is 30.0 Å². The van der Waals surface area contributed by atoms with Crippen molar-refractivity contribution in [3.05, 3.63) is 40.0 Å². The van der Waals surface area contributed by atoms with Crippen molar-refractivity contribution in [1.82, 2.24) is 20.1 Å². The molecular weight excluding hydrogens is 366 g/mol. The molecule has 2 aliphatic rings. The standard InChI is InChI=1S/C18H19N5OS2/c1-12-21-22-17(25-12)20-18-23(14-7-3-2-4-8-14)16(24)15(26-18)10-13-6-5-9-19-11-13/h5-6,9-11,14H,2-4,7-8H2,1H3/b15-10-,20-18+. The van der Waals surface area contributed by atoms with E-state index < -0.39 is 0 Å². The number of nitrogens with zero attached hydrogens (tertiary/aromatic N) is 5. The Balaban J connectivity index is 1.69. The van der Waals surface area contributed by atoms with Crippen LogP contribution in [0.3, 0.4) is 0 Å². The van der Waals surface area contributed by atoms with E-state index in [1.54, 1.807) is 12.4 Å². The first kappa shape index (κ1) is 17.4. The van der Waals surface area contributed by atoms with E-state index in [4.69, 9.17) is 0 Å². The summed E-state index contributed by atoms with van der Waals surface area (Å²) in [5.41, 5.74) is 0.917. The lowest BCUT2D eigenvalue weighted by Gasteiger charge is -2.30. The first-order chi connectivity index (χ1) is 12.7. The van der Waals surface area contributed by atoms with Crippen LogP contribution < -0.4 is 0 Å². The van der Waals surface area contributed by atoms with Crippen molar-refractivity contribution in [3.63, 3.8) is 0 Å². The molecular formula is C18H19N5OS2. The van der Waals surface area contributed by atoms with Crippen molar-refractivity contribution in [2.24, 2.45) is 4.99 Å². The van der Waals surface area contributed by atoms with Crippen LogP contribution >= 0.6 is 23.1 Å². The smallest absolute Gasteiger partial charge is 0.267 e. The second-order valence-electron chi connectivity index (χ2n) is 6.36. The van der Waals surface area contributed by atoms with Crippen LogP contribution in [-0.4, -0.2) is 37.2 Å². The maximum absolute atomic E-state index is 13.1. The van der Waals surface area contributed by atoms with Crippen molar-refractivity contribution in [2.45, 2.75) is 45.1 Å². The molecule has 2 aromatic heterocycles. The van der Waals surface area contributed by atoms with Crippen molar-refractivity contribution in [3.8, 4) is 0 Å². The van der Waals surface area contributed by atoms with E-state index in [1.165, 1.54) is 29.5 Å². The molecule has 0 radical (unpaired) electrons. The van der Waals surface area contributed by atoms with E-state index in [0.29, 0.717) is 15.2 Å². The Labute approximate surface area is 160 Å². The molecule has 1 aliphatic carbocycles. The zero-order chi connectivity index (χ0) is 17.9. The second-order valence-corrected chi connectivity index (χ2v) is 8.53. The number of hydrogen-bond donors (Lipinski definition) is 0. The Morgan fingerprint density at radius 3 is 2.81 bits per heavy atom. The number of pyridine rings is 1.